The summed E-state index contributed by atoms with van der Waals surface area (Å²) < 4.78 is 0. The van der Waals surface area contributed by atoms with Crippen LogP contribution in [0.15, 0.2) is 30.9 Å². The highest BCUT2D eigenvalue weighted by molar-refractivity contribution is 5.84. The van der Waals surface area contributed by atoms with Gasteiger partial charge in [0.15, 0.2) is 0 Å². The Balaban J connectivity index is 1.96. The van der Waals surface area contributed by atoms with Crippen LogP contribution in [-0.2, 0) is 17.6 Å². The quantitative estimate of drug-likeness (QED) is 0.780. The SMILES string of the molecule is C=CCNC(=O)[C@H](C)Nc1ccc2c(c1)CCC2. The molecule has 1 aliphatic carbocycles. The molecule has 18 heavy (non-hydrogen) atoms. The molecule has 1 atom stereocenters. The number of rotatable bonds is 5. The molecular formula is C15H20N2O. The summed E-state index contributed by atoms with van der Waals surface area (Å²) in [6.45, 7) is 5.96. The van der Waals surface area contributed by atoms with Gasteiger partial charge in [0.2, 0.25) is 5.91 Å². The zero-order valence-corrected chi connectivity index (χ0v) is 10.8. The van der Waals surface area contributed by atoms with Crippen LogP contribution in [0.2, 0.25) is 0 Å². The third-order valence-electron chi connectivity index (χ3n) is 3.30. The van der Waals surface area contributed by atoms with Crippen LogP contribution in [0.5, 0.6) is 0 Å². The van der Waals surface area contributed by atoms with E-state index in [4.69, 9.17) is 0 Å². The molecule has 0 saturated carbocycles. The van der Waals surface area contributed by atoms with E-state index in [-0.39, 0.29) is 11.9 Å². The van der Waals surface area contributed by atoms with Gasteiger partial charge in [0.05, 0.1) is 0 Å². The number of nitrogens with one attached hydrogen (secondary N) is 2. The summed E-state index contributed by atoms with van der Waals surface area (Å²) in [6.07, 6.45) is 5.26. The summed E-state index contributed by atoms with van der Waals surface area (Å²) >= 11 is 0. The van der Waals surface area contributed by atoms with Gasteiger partial charge in [0.25, 0.3) is 0 Å². The lowest BCUT2D eigenvalue weighted by Gasteiger charge is -2.15. The van der Waals surface area contributed by atoms with Crippen LogP contribution in [0.4, 0.5) is 5.69 Å². The summed E-state index contributed by atoms with van der Waals surface area (Å²) in [5.74, 6) is -0.00426. The van der Waals surface area contributed by atoms with Gasteiger partial charge in [-0.3, -0.25) is 4.79 Å². The van der Waals surface area contributed by atoms with Crippen molar-refractivity contribution in [2.45, 2.75) is 32.2 Å². The van der Waals surface area contributed by atoms with Crippen LogP contribution in [0, 0.1) is 0 Å². The predicted octanol–water partition coefficient (Wildman–Crippen LogP) is 2.28. The van der Waals surface area contributed by atoms with Crippen molar-refractivity contribution < 1.29 is 4.79 Å². The van der Waals surface area contributed by atoms with Crippen LogP contribution >= 0.6 is 0 Å². The predicted molar refractivity (Wildman–Crippen MR) is 74.8 cm³/mol. The standard InChI is InChI=1S/C15H20N2O/c1-3-9-16-15(18)11(2)17-14-8-7-12-5-4-6-13(12)10-14/h3,7-8,10-11,17H,1,4-6,9H2,2H3,(H,16,18)/t11-/m0/s1. The number of anilines is 1. The average molecular weight is 244 g/mol. The number of benzene rings is 1. The molecule has 0 radical (unpaired) electrons. The summed E-state index contributed by atoms with van der Waals surface area (Å²) in [5.41, 5.74) is 3.89. The van der Waals surface area contributed by atoms with Crippen LogP contribution in [0.25, 0.3) is 0 Å². The molecule has 0 fully saturated rings. The van der Waals surface area contributed by atoms with Gasteiger partial charge in [-0.15, -0.1) is 6.58 Å². The van der Waals surface area contributed by atoms with Crippen LogP contribution < -0.4 is 10.6 Å². The largest absolute Gasteiger partial charge is 0.374 e. The van der Waals surface area contributed by atoms with Crippen LogP contribution in [0.1, 0.15) is 24.5 Å². The Labute approximate surface area is 108 Å². The molecule has 3 nitrogen and oxygen atoms in total. The normalized spacial score (nSPS) is 14.7. The van der Waals surface area contributed by atoms with Gasteiger partial charge >= 0.3 is 0 Å². The fourth-order valence-electron chi connectivity index (χ4n) is 2.30. The first-order chi connectivity index (χ1) is 8.70. The van der Waals surface area contributed by atoms with Gasteiger partial charge in [-0.1, -0.05) is 12.1 Å². The Morgan fingerprint density at radius 2 is 2.22 bits per heavy atom. The van der Waals surface area contributed by atoms with Gasteiger partial charge in [-0.05, 0) is 49.4 Å². The molecule has 0 saturated heterocycles. The van der Waals surface area contributed by atoms with Crippen LogP contribution in [0.3, 0.4) is 0 Å². The second kappa shape index (κ2) is 5.71. The van der Waals surface area contributed by atoms with E-state index in [1.165, 1.54) is 24.0 Å². The summed E-state index contributed by atoms with van der Waals surface area (Å²) in [6, 6.07) is 6.16. The molecule has 0 bridgehead atoms. The minimum atomic E-state index is -0.232. The van der Waals surface area contributed by atoms with Crippen molar-refractivity contribution in [1.82, 2.24) is 5.32 Å². The molecule has 0 spiro atoms. The molecule has 0 aromatic heterocycles. The van der Waals surface area contributed by atoms with Crippen molar-refractivity contribution in [2.24, 2.45) is 0 Å². The Morgan fingerprint density at radius 3 is 3.00 bits per heavy atom. The maximum Gasteiger partial charge on any atom is 0.242 e. The zero-order chi connectivity index (χ0) is 13.0. The second-order valence-corrected chi connectivity index (χ2v) is 4.74. The lowest BCUT2D eigenvalue weighted by molar-refractivity contribution is -0.121. The Hall–Kier alpha value is -1.77. The van der Waals surface area contributed by atoms with Gasteiger partial charge in [0.1, 0.15) is 6.04 Å². The molecule has 0 heterocycles. The molecule has 0 aliphatic heterocycles. The van der Waals surface area contributed by atoms with E-state index in [9.17, 15) is 4.79 Å². The van der Waals surface area contributed by atoms with Crippen molar-refractivity contribution in [2.75, 3.05) is 11.9 Å². The van der Waals surface area contributed by atoms with Crippen molar-refractivity contribution in [1.29, 1.82) is 0 Å². The molecule has 1 aromatic carbocycles. The van der Waals surface area contributed by atoms with E-state index in [0.29, 0.717) is 6.54 Å². The topological polar surface area (TPSA) is 41.1 Å². The van der Waals surface area contributed by atoms with Gasteiger partial charge in [-0.2, -0.15) is 0 Å². The van der Waals surface area contributed by atoms with E-state index < -0.39 is 0 Å². The molecule has 96 valence electrons. The Morgan fingerprint density at radius 1 is 1.44 bits per heavy atom. The van der Waals surface area contributed by atoms with E-state index in [1.807, 2.05) is 6.92 Å². The maximum absolute atomic E-state index is 11.7. The maximum atomic E-state index is 11.7. The smallest absolute Gasteiger partial charge is 0.242 e. The zero-order valence-electron chi connectivity index (χ0n) is 10.8. The molecular weight excluding hydrogens is 224 g/mol. The van der Waals surface area contributed by atoms with Crippen LogP contribution in [-0.4, -0.2) is 18.5 Å². The molecule has 2 N–H and O–H groups in total. The molecule has 1 amide bonds. The summed E-state index contributed by atoms with van der Waals surface area (Å²) in [5, 5.41) is 6.02. The van der Waals surface area contributed by atoms with Crippen molar-refractivity contribution in [3.05, 3.63) is 42.0 Å². The van der Waals surface area contributed by atoms with Gasteiger partial charge < -0.3 is 10.6 Å². The minimum absolute atomic E-state index is 0.00426. The number of aryl methyl sites for hydroxylation is 2. The highest BCUT2D eigenvalue weighted by Gasteiger charge is 2.14. The third-order valence-corrected chi connectivity index (χ3v) is 3.30. The first kappa shape index (κ1) is 12.7. The highest BCUT2D eigenvalue weighted by atomic mass is 16.2. The van der Waals surface area contributed by atoms with E-state index >= 15 is 0 Å². The number of amides is 1. The number of carbonyl (C=O) groups is 1. The number of fused-ring (bicyclic) bond motifs is 1. The van der Waals surface area contributed by atoms with Gasteiger partial charge in [-0.25, -0.2) is 0 Å². The van der Waals surface area contributed by atoms with E-state index in [1.54, 1.807) is 6.08 Å². The number of hydrogen-bond acceptors (Lipinski definition) is 2. The molecule has 1 aliphatic rings. The van der Waals surface area contributed by atoms with Crippen molar-refractivity contribution >= 4 is 11.6 Å². The second-order valence-electron chi connectivity index (χ2n) is 4.74. The minimum Gasteiger partial charge on any atom is -0.374 e. The first-order valence-corrected chi connectivity index (χ1v) is 6.47. The average Bonchev–Trinajstić information content (AvgIpc) is 2.83. The third kappa shape index (κ3) is 2.92. The van der Waals surface area contributed by atoms with E-state index in [2.05, 4.69) is 35.4 Å². The first-order valence-electron chi connectivity index (χ1n) is 6.47. The monoisotopic (exact) mass is 244 g/mol. The highest BCUT2D eigenvalue weighted by Crippen LogP contribution is 2.25. The number of carbonyl (C=O) groups excluding carboxylic acids is 1. The van der Waals surface area contributed by atoms with Gasteiger partial charge in [0, 0.05) is 12.2 Å². The Kier molecular flexibility index (Phi) is 4.03. The Bertz CT molecular complexity index is 454. The molecule has 2 rings (SSSR count). The number of hydrogen-bond donors (Lipinski definition) is 2. The summed E-state index contributed by atoms with van der Waals surface area (Å²) in [7, 11) is 0. The fraction of sp³-hybridized carbons (Fsp3) is 0.400. The summed E-state index contributed by atoms with van der Waals surface area (Å²) in [4.78, 5) is 11.7. The van der Waals surface area contributed by atoms with Crippen molar-refractivity contribution in [3.8, 4) is 0 Å². The van der Waals surface area contributed by atoms with E-state index in [0.717, 1.165) is 12.1 Å². The molecule has 0 unspecified atom stereocenters. The fourth-order valence-corrected chi connectivity index (χ4v) is 2.30. The molecule has 1 aromatic rings. The lowest BCUT2D eigenvalue weighted by Crippen LogP contribution is -2.37. The lowest BCUT2D eigenvalue weighted by atomic mass is 10.1. The van der Waals surface area contributed by atoms with Crippen molar-refractivity contribution in [3.63, 3.8) is 0 Å². The molecule has 3 heteroatoms.